The predicted molar refractivity (Wildman–Crippen MR) is 85.9 cm³/mol. The van der Waals surface area contributed by atoms with Gasteiger partial charge in [-0.3, -0.25) is 9.89 Å². The van der Waals surface area contributed by atoms with Crippen LogP contribution in [0, 0.1) is 11.8 Å². The average Bonchev–Trinajstić information content (AvgIpc) is 3.09. The second kappa shape index (κ2) is 6.14. The van der Waals surface area contributed by atoms with Crippen LogP contribution in [0.25, 0.3) is 11.1 Å². The Balaban J connectivity index is 1.46. The predicted octanol–water partition coefficient (Wildman–Crippen LogP) is 1.04. The molecule has 6 nitrogen and oxygen atoms in total. The number of benzene rings is 1. The maximum Gasteiger partial charge on any atom is 0.251 e. The lowest BCUT2D eigenvalue weighted by atomic mass is 9.83. The van der Waals surface area contributed by atoms with Crippen LogP contribution < -0.4 is 10.6 Å². The van der Waals surface area contributed by atoms with E-state index in [-0.39, 0.29) is 11.9 Å². The number of rotatable bonds is 3. The number of aromatic nitrogens is 2. The highest BCUT2D eigenvalue weighted by Crippen LogP contribution is 2.24. The van der Waals surface area contributed by atoms with Gasteiger partial charge in [0.05, 0.1) is 19.4 Å². The molecule has 6 heteroatoms. The number of amides is 1. The Morgan fingerprint density at radius 3 is 2.52 bits per heavy atom. The molecule has 1 aromatic heterocycles. The number of hydrogen-bond acceptors (Lipinski definition) is 4. The number of carbonyl (C=O) groups excluding carboxylic acids is 1. The number of nitrogens with one attached hydrogen (secondary N) is 3. The standard InChI is InChI=1S/C17H20N4O2/c22-17(21-16-14-5-18-6-15(16)10-23-9-14)12-3-1-11(2-4-12)13-7-19-20-8-13/h1-4,7-8,14-16,18H,5-6,9-10H2,(H,19,20)(H,21,22). The van der Waals surface area contributed by atoms with E-state index in [4.69, 9.17) is 4.74 Å². The van der Waals surface area contributed by atoms with Crippen molar-refractivity contribution < 1.29 is 9.53 Å². The first-order valence-corrected chi connectivity index (χ1v) is 8.00. The van der Waals surface area contributed by atoms with Gasteiger partial charge in [0.25, 0.3) is 5.91 Å². The van der Waals surface area contributed by atoms with Crippen molar-refractivity contribution in [1.29, 1.82) is 0 Å². The summed E-state index contributed by atoms with van der Waals surface area (Å²) in [4.78, 5) is 12.6. The van der Waals surface area contributed by atoms with Gasteiger partial charge >= 0.3 is 0 Å². The smallest absolute Gasteiger partial charge is 0.251 e. The van der Waals surface area contributed by atoms with Crippen LogP contribution in [0.3, 0.4) is 0 Å². The number of carbonyl (C=O) groups is 1. The Morgan fingerprint density at radius 2 is 1.87 bits per heavy atom. The highest BCUT2D eigenvalue weighted by molar-refractivity contribution is 5.94. The van der Waals surface area contributed by atoms with E-state index in [1.165, 1.54) is 0 Å². The Kier molecular flexibility index (Phi) is 3.85. The second-order valence-corrected chi connectivity index (χ2v) is 6.28. The zero-order chi connectivity index (χ0) is 15.6. The molecule has 4 rings (SSSR count). The number of ether oxygens (including phenoxy) is 1. The topological polar surface area (TPSA) is 79.0 Å². The van der Waals surface area contributed by atoms with Crippen molar-refractivity contribution in [2.75, 3.05) is 26.3 Å². The Hall–Kier alpha value is -2.18. The third-order valence-corrected chi connectivity index (χ3v) is 4.77. The van der Waals surface area contributed by atoms with Gasteiger partial charge in [-0.1, -0.05) is 12.1 Å². The molecular formula is C17H20N4O2. The lowest BCUT2D eigenvalue weighted by molar-refractivity contribution is -0.0254. The molecule has 3 heterocycles. The molecule has 2 unspecified atom stereocenters. The van der Waals surface area contributed by atoms with Gasteiger partial charge in [-0.25, -0.2) is 0 Å². The molecule has 0 spiro atoms. The summed E-state index contributed by atoms with van der Waals surface area (Å²) in [7, 11) is 0. The largest absolute Gasteiger partial charge is 0.381 e. The summed E-state index contributed by atoms with van der Waals surface area (Å²) in [5, 5.41) is 13.4. The van der Waals surface area contributed by atoms with E-state index in [1.807, 2.05) is 30.5 Å². The van der Waals surface area contributed by atoms with E-state index in [9.17, 15) is 4.79 Å². The molecule has 2 aliphatic heterocycles. The molecule has 2 bridgehead atoms. The fourth-order valence-corrected chi connectivity index (χ4v) is 3.48. The summed E-state index contributed by atoms with van der Waals surface area (Å²) in [5.41, 5.74) is 2.75. The van der Waals surface area contributed by atoms with Gasteiger partial charge in [0.15, 0.2) is 0 Å². The quantitative estimate of drug-likeness (QED) is 0.791. The van der Waals surface area contributed by atoms with Gasteiger partial charge in [-0.2, -0.15) is 5.10 Å². The van der Waals surface area contributed by atoms with E-state index in [0.29, 0.717) is 30.6 Å². The lowest BCUT2D eigenvalue weighted by Crippen LogP contribution is -2.60. The Morgan fingerprint density at radius 1 is 1.13 bits per heavy atom. The molecule has 1 amide bonds. The summed E-state index contributed by atoms with van der Waals surface area (Å²) in [5.74, 6) is 0.709. The first-order chi connectivity index (χ1) is 11.3. The molecule has 2 saturated heterocycles. The number of nitrogens with zero attached hydrogens (tertiary/aromatic N) is 1. The minimum Gasteiger partial charge on any atom is -0.381 e. The molecule has 0 saturated carbocycles. The highest BCUT2D eigenvalue weighted by atomic mass is 16.5. The monoisotopic (exact) mass is 312 g/mol. The van der Waals surface area contributed by atoms with Crippen molar-refractivity contribution >= 4 is 5.91 Å². The van der Waals surface area contributed by atoms with Gasteiger partial charge in [0.2, 0.25) is 0 Å². The normalized spacial score (nSPS) is 26.7. The molecule has 0 aliphatic carbocycles. The zero-order valence-electron chi connectivity index (χ0n) is 12.8. The van der Waals surface area contributed by atoms with Gasteiger partial charge < -0.3 is 15.4 Å². The Labute approximate surface area is 134 Å². The van der Waals surface area contributed by atoms with Crippen LogP contribution in [0.5, 0.6) is 0 Å². The van der Waals surface area contributed by atoms with Gasteiger partial charge in [0, 0.05) is 48.3 Å². The van der Waals surface area contributed by atoms with Gasteiger partial charge in [-0.15, -0.1) is 0 Å². The van der Waals surface area contributed by atoms with Crippen LogP contribution >= 0.6 is 0 Å². The number of hydrogen-bond donors (Lipinski definition) is 3. The van der Waals surface area contributed by atoms with E-state index in [2.05, 4.69) is 20.8 Å². The maximum atomic E-state index is 12.6. The molecule has 3 N–H and O–H groups in total. The fourth-order valence-electron chi connectivity index (χ4n) is 3.48. The minimum atomic E-state index is -0.00690. The van der Waals surface area contributed by atoms with Crippen molar-refractivity contribution in [1.82, 2.24) is 20.8 Å². The van der Waals surface area contributed by atoms with E-state index in [1.54, 1.807) is 6.20 Å². The van der Waals surface area contributed by atoms with Crippen LogP contribution in [0.15, 0.2) is 36.7 Å². The van der Waals surface area contributed by atoms with Crippen LogP contribution in [0.2, 0.25) is 0 Å². The molecule has 2 aromatic rings. The molecule has 0 radical (unpaired) electrons. The van der Waals surface area contributed by atoms with Crippen molar-refractivity contribution in [3.05, 3.63) is 42.2 Å². The van der Waals surface area contributed by atoms with Crippen LogP contribution in [0.1, 0.15) is 10.4 Å². The van der Waals surface area contributed by atoms with Crippen molar-refractivity contribution in [3.8, 4) is 11.1 Å². The van der Waals surface area contributed by atoms with E-state index in [0.717, 1.165) is 24.2 Å². The van der Waals surface area contributed by atoms with Crippen LogP contribution in [-0.4, -0.2) is 48.4 Å². The first-order valence-electron chi connectivity index (χ1n) is 8.00. The van der Waals surface area contributed by atoms with E-state index >= 15 is 0 Å². The van der Waals surface area contributed by atoms with Gasteiger partial charge in [-0.05, 0) is 17.7 Å². The number of H-pyrrole nitrogens is 1. The number of piperidine rings is 1. The third kappa shape index (κ3) is 2.87. The summed E-state index contributed by atoms with van der Waals surface area (Å²) >= 11 is 0. The van der Waals surface area contributed by atoms with Crippen molar-refractivity contribution in [3.63, 3.8) is 0 Å². The molecule has 2 aliphatic rings. The van der Waals surface area contributed by atoms with Crippen LogP contribution in [0.4, 0.5) is 0 Å². The SMILES string of the molecule is O=C(NC1C2CNCC1COC2)c1ccc(-c2cn[nH]c2)cc1. The molecule has 23 heavy (non-hydrogen) atoms. The zero-order valence-corrected chi connectivity index (χ0v) is 12.8. The molecule has 120 valence electrons. The average molecular weight is 312 g/mol. The van der Waals surface area contributed by atoms with E-state index < -0.39 is 0 Å². The highest BCUT2D eigenvalue weighted by Gasteiger charge is 2.37. The first kappa shape index (κ1) is 14.4. The van der Waals surface area contributed by atoms with Gasteiger partial charge in [0.1, 0.15) is 0 Å². The van der Waals surface area contributed by atoms with Crippen LogP contribution in [-0.2, 0) is 4.74 Å². The second-order valence-electron chi connectivity index (χ2n) is 6.28. The molecule has 1 aromatic carbocycles. The summed E-state index contributed by atoms with van der Waals surface area (Å²) in [6, 6.07) is 7.83. The minimum absolute atomic E-state index is 0.00690. The maximum absolute atomic E-state index is 12.6. The molecular weight excluding hydrogens is 292 g/mol. The fraction of sp³-hybridized carbons (Fsp3) is 0.412. The summed E-state index contributed by atoms with van der Waals surface area (Å²) in [6.07, 6.45) is 3.61. The molecule has 2 fully saturated rings. The third-order valence-electron chi connectivity index (χ3n) is 4.77. The number of aromatic amines is 1. The molecule has 2 atom stereocenters. The van der Waals surface area contributed by atoms with Crippen molar-refractivity contribution in [2.24, 2.45) is 11.8 Å². The summed E-state index contributed by atoms with van der Waals surface area (Å²) < 4.78 is 5.61. The lowest BCUT2D eigenvalue weighted by Gasteiger charge is -2.42. The number of fused-ring (bicyclic) bond motifs is 2. The summed E-state index contributed by atoms with van der Waals surface area (Å²) in [6.45, 7) is 3.24. The Bertz CT molecular complexity index is 646. The van der Waals surface area contributed by atoms with Crippen molar-refractivity contribution in [2.45, 2.75) is 6.04 Å².